The molecule has 2 N–H and O–H groups in total. The van der Waals surface area contributed by atoms with E-state index in [-0.39, 0.29) is 5.91 Å². The van der Waals surface area contributed by atoms with Crippen molar-refractivity contribution < 1.29 is 4.79 Å². The second-order valence-electron chi connectivity index (χ2n) is 6.75. The van der Waals surface area contributed by atoms with E-state index in [0.717, 1.165) is 23.9 Å². The van der Waals surface area contributed by atoms with Crippen LogP contribution in [-0.4, -0.2) is 18.0 Å². The van der Waals surface area contributed by atoms with Gasteiger partial charge < -0.3 is 10.6 Å². The SMILES string of the molecule is O=C(CC1CC2CCC(C1)N2)Nc1cccc2ccccc12. The molecular formula is C19H22N2O. The van der Waals surface area contributed by atoms with Gasteiger partial charge >= 0.3 is 0 Å². The Hall–Kier alpha value is -1.87. The van der Waals surface area contributed by atoms with Crippen molar-refractivity contribution in [3.05, 3.63) is 42.5 Å². The summed E-state index contributed by atoms with van der Waals surface area (Å²) in [4.78, 5) is 12.4. The highest BCUT2D eigenvalue weighted by molar-refractivity contribution is 6.02. The lowest BCUT2D eigenvalue weighted by Crippen LogP contribution is -2.39. The molecule has 0 aromatic heterocycles. The van der Waals surface area contributed by atoms with Gasteiger partial charge in [-0.05, 0) is 43.1 Å². The van der Waals surface area contributed by atoms with E-state index in [2.05, 4.69) is 28.8 Å². The van der Waals surface area contributed by atoms with Crippen molar-refractivity contribution in [1.29, 1.82) is 0 Å². The predicted octanol–water partition coefficient (Wildman–Crippen LogP) is 3.70. The average Bonchev–Trinajstić information content (AvgIpc) is 2.86. The van der Waals surface area contributed by atoms with Gasteiger partial charge in [0.05, 0.1) is 0 Å². The zero-order valence-corrected chi connectivity index (χ0v) is 12.7. The number of carbonyl (C=O) groups is 1. The van der Waals surface area contributed by atoms with Gasteiger partial charge in [0.2, 0.25) is 5.91 Å². The molecule has 2 fully saturated rings. The van der Waals surface area contributed by atoms with Crippen LogP contribution >= 0.6 is 0 Å². The predicted molar refractivity (Wildman–Crippen MR) is 89.9 cm³/mol. The number of benzene rings is 2. The van der Waals surface area contributed by atoms with Crippen LogP contribution in [0.4, 0.5) is 5.69 Å². The summed E-state index contributed by atoms with van der Waals surface area (Å²) < 4.78 is 0. The average molecular weight is 294 g/mol. The molecule has 2 aliphatic heterocycles. The molecule has 2 saturated heterocycles. The molecule has 2 atom stereocenters. The molecule has 22 heavy (non-hydrogen) atoms. The number of fused-ring (bicyclic) bond motifs is 3. The standard InChI is InChI=1S/C19H22N2O/c22-19(12-13-10-15-8-9-16(11-13)20-15)21-18-7-3-5-14-4-1-2-6-17(14)18/h1-7,13,15-16,20H,8-12H2,(H,21,22). The molecule has 0 radical (unpaired) electrons. The van der Waals surface area contributed by atoms with Crippen LogP contribution < -0.4 is 10.6 Å². The Balaban J connectivity index is 1.45. The molecule has 2 unspecified atom stereocenters. The fourth-order valence-electron chi connectivity index (χ4n) is 4.14. The molecule has 3 nitrogen and oxygen atoms in total. The fraction of sp³-hybridized carbons (Fsp3) is 0.421. The Morgan fingerprint density at radius 1 is 1.05 bits per heavy atom. The van der Waals surface area contributed by atoms with Crippen LogP contribution in [0.15, 0.2) is 42.5 Å². The Morgan fingerprint density at radius 3 is 2.59 bits per heavy atom. The molecule has 1 amide bonds. The first-order valence-electron chi connectivity index (χ1n) is 8.31. The number of amides is 1. The molecule has 0 spiro atoms. The van der Waals surface area contributed by atoms with Crippen LogP contribution in [0.5, 0.6) is 0 Å². The number of rotatable bonds is 3. The summed E-state index contributed by atoms with van der Waals surface area (Å²) >= 11 is 0. The Bertz CT molecular complexity index is 679. The molecule has 2 aromatic rings. The molecule has 3 heteroatoms. The van der Waals surface area contributed by atoms with E-state index in [0.29, 0.717) is 24.4 Å². The first-order chi connectivity index (χ1) is 10.8. The van der Waals surface area contributed by atoms with E-state index in [9.17, 15) is 4.79 Å². The van der Waals surface area contributed by atoms with Crippen LogP contribution in [0.25, 0.3) is 10.8 Å². The second kappa shape index (κ2) is 5.73. The van der Waals surface area contributed by atoms with E-state index in [1.165, 1.54) is 18.2 Å². The smallest absolute Gasteiger partial charge is 0.224 e. The Labute approximate surface area is 131 Å². The molecule has 2 aliphatic rings. The molecule has 2 heterocycles. The van der Waals surface area contributed by atoms with Crippen molar-refractivity contribution >= 4 is 22.4 Å². The topological polar surface area (TPSA) is 41.1 Å². The third kappa shape index (κ3) is 2.73. The quantitative estimate of drug-likeness (QED) is 0.906. The lowest BCUT2D eigenvalue weighted by molar-refractivity contribution is -0.117. The van der Waals surface area contributed by atoms with Gasteiger partial charge in [-0.1, -0.05) is 36.4 Å². The Kier molecular flexibility index (Phi) is 3.59. The monoisotopic (exact) mass is 294 g/mol. The summed E-state index contributed by atoms with van der Waals surface area (Å²) in [5, 5.41) is 9.04. The number of anilines is 1. The van der Waals surface area contributed by atoms with Gasteiger partial charge in [-0.2, -0.15) is 0 Å². The Morgan fingerprint density at radius 2 is 1.77 bits per heavy atom. The normalized spacial score (nSPS) is 27.0. The van der Waals surface area contributed by atoms with Crippen molar-refractivity contribution in [2.75, 3.05) is 5.32 Å². The molecule has 2 aromatic carbocycles. The van der Waals surface area contributed by atoms with E-state index in [1.807, 2.05) is 24.3 Å². The third-order valence-electron chi connectivity index (χ3n) is 5.11. The number of hydrogen-bond acceptors (Lipinski definition) is 2. The zero-order chi connectivity index (χ0) is 14.9. The van der Waals surface area contributed by atoms with Gasteiger partial charge in [-0.25, -0.2) is 0 Å². The number of nitrogens with one attached hydrogen (secondary N) is 2. The maximum atomic E-state index is 12.4. The highest BCUT2D eigenvalue weighted by atomic mass is 16.1. The van der Waals surface area contributed by atoms with Crippen LogP contribution in [0.1, 0.15) is 32.1 Å². The summed E-state index contributed by atoms with van der Waals surface area (Å²) in [7, 11) is 0. The van der Waals surface area contributed by atoms with E-state index in [4.69, 9.17) is 0 Å². The highest BCUT2D eigenvalue weighted by Gasteiger charge is 2.34. The lowest BCUT2D eigenvalue weighted by Gasteiger charge is -2.28. The van der Waals surface area contributed by atoms with Crippen molar-refractivity contribution in [2.45, 2.75) is 44.2 Å². The van der Waals surface area contributed by atoms with Gasteiger partial charge in [-0.3, -0.25) is 4.79 Å². The van der Waals surface area contributed by atoms with Gasteiger partial charge in [0.15, 0.2) is 0 Å². The summed E-state index contributed by atoms with van der Waals surface area (Å²) in [6.07, 6.45) is 5.52. The summed E-state index contributed by atoms with van der Waals surface area (Å²) in [5.74, 6) is 0.691. The van der Waals surface area contributed by atoms with Crippen molar-refractivity contribution in [1.82, 2.24) is 5.32 Å². The number of piperidine rings is 1. The molecule has 2 bridgehead atoms. The minimum atomic E-state index is 0.155. The molecular weight excluding hydrogens is 272 g/mol. The van der Waals surface area contributed by atoms with Crippen molar-refractivity contribution in [2.24, 2.45) is 5.92 Å². The van der Waals surface area contributed by atoms with Gasteiger partial charge in [0, 0.05) is 29.6 Å². The van der Waals surface area contributed by atoms with E-state index >= 15 is 0 Å². The first-order valence-corrected chi connectivity index (χ1v) is 8.31. The van der Waals surface area contributed by atoms with Crippen LogP contribution in [0, 0.1) is 5.92 Å². The van der Waals surface area contributed by atoms with Crippen LogP contribution in [-0.2, 0) is 4.79 Å². The molecule has 0 aliphatic carbocycles. The first kappa shape index (κ1) is 13.8. The zero-order valence-electron chi connectivity index (χ0n) is 12.7. The maximum Gasteiger partial charge on any atom is 0.224 e. The van der Waals surface area contributed by atoms with Crippen molar-refractivity contribution in [3.8, 4) is 0 Å². The van der Waals surface area contributed by atoms with E-state index in [1.54, 1.807) is 0 Å². The van der Waals surface area contributed by atoms with Gasteiger partial charge in [-0.15, -0.1) is 0 Å². The van der Waals surface area contributed by atoms with Crippen molar-refractivity contribution in [3.63, 3.8) is 0 Å². The minimum absolute atomic E-state index is 0.155. The maximum absolute atomic E-state index is 12.4. The third-order valence-corrected chi connectivity index (χ3v) is 5.11. The second-order valence-corrected chi connectivity index (χ2v) is 6.75. The van der Waals surface area contributed by atoms with Gasteiger partial charge in [0.1, 0.15) is 0 Å². The lowest BCUT2D eigenvalue weighted by atomic mass is 9.89. The molecule has 114 valence electrons. The minimum Gasteiger partial charge on any atom is -0.326 e. The molecule has 4 rings (SSSR count). The summed E-state index contributed by atoms with van der Waals surface area (Å²) in [6, 6.07) is 15.6. The van der Waals surface area contributed by atoms with Gasteiger partial charge in [0.25, 0.3) is 0 Å². The summed E-state index contributed by atoms with van der Waals surface area (Å²) in [5.41, 5.74) is 0.931. The van der Waals surface area contributed by atoms with Crippen LogP contribution in [0.2, 0.25) is 0 Å². The largest absolute Gasteiger partial charge is 0.326 e. The number of carbonyl (C=O) groups excluding carboxylic acids is 1. The highest BCUT2D eigenvalue weighted by Crippen LogP contribution is 2.33. The van der Waals surface area contributed by atoms with Crippen LogP contribution in [0.3, 0.4) is 0 Å². The fourth-order valence-corrected chi connectivity index (χ4v) is 4.14. The number of hydrogen-bond donors (Lipinski definition) is 2. The summed E-state index contributed by atoms with van der Waals surface area (Å²) in [6.45, 7) is 0. The van der Waals surface area contributed by atoms with E-state index < -0.39 is 0 Å². The molecule has 0 saturated carbocycles.